The Hall–Kier alpha value is -8.04. The first-order chi connectivity index (χ1) is 60.2. The molecule has 2 aromatic heterocycles. The number of phenols is 4. The number of urea groups is 1. The number of nitrogens with one attached hydrogen (secondary N) is 6. The zero-order chi connectivity index (χ0) is 100. The molecule has 0 aliphatic carbocycles. The third-order valence-corrected chi connectivity index (χ3v) is 24.6. The first-order valence-corrected chi connectivity index (χ1v) is 48.8. The first kappa shape index (κ1) is 119. The molecule has 131 heavy (non-hydrogen) atoms. The highest BCUT2D eigenvalue weighted by molar-refractivity contribution is 8.00. The Bertz CT molecular complexity index is 4520. The number of aromatic amines is 2. The molecule has 4 unspecified atom stereocenters. The number of carboxylic acids is 1. The summed E-state index contributed by atoms with van der Waals surface area (Å²) in [7, 11) is 6.01. The second kappa shape index (κ2) is 54.5. The number of aliphatic hydroxyl groups excluding tert-OH is 1. The highest BCUT2D eigenvalue weighted by Crippen LogP contribution is 2.46. The van der Waals surface area contributed by atoms with Crippen LogP contribution in [0.4, 0.5) is 4.79 Å². The SMILES string of the molecule is CC(=O)[C@H](CC(=O)O)NC(C)(C)C.CC(C)(C)CCCc1c[nH]c2ccc(O)cc12.CC(C)(C)OCCc1ccc(O)c(O)c1.CC(C)C(=O)C(N)Cc1c[nH]c2ccc(O)cc12.CC(C)C(=O)CC(O)C[N+](C)(C)C.CC(C)C(=O)CCCC[C@@H]1SC[C@@H]2NC(=O)N[C@@H]21.CCCNC(C)(C)C.Cc1c(C)c2c(c(C)c1OC(=O)C(C)(C)C)CCC(C)(CCCC(C)C(C)C)O2. The average Bonchev–Trinajstić information content (AvgIpc) is 0.919. The van der Waals surface area contributed by atoms with Crippen molar-refractivity contribution in [2.75, 3.05) is 46.6 Å². The minimum atomic E-state index is -0.961. The number of aliphatic carboxylic acids is 1. The van der Waals surface area contributed by atoms with E-state index < -0.39 is 29.6 Å². The van der Waals surface area contributed by atoms with Crippen molar-refractivity contribution in [1.82, 2.24) is 31.2 Å². The highest BCUT2D eigenvalue weighted by Gasteiger charge is 2.43. The lowest BCUT2D eigenvalue weighted by Gasteiger charge is -2.38. The number of Topliss-reactive ketones (excluding diaryl/α,β-unsaturated/α-hetero) is 4. The molecule has 0 saturated carbocycles. The van der Waals surface area contributed by atoms with E-state index >= 15 is 0 Å². The predicted molar refractivity (Wildman–Crippen MR) is 539 cm³/mol. The van der Waals surface area contributed by atoms with Gasteiger partial charge in [-0.3, -0.25) is 28.8 Å². The quantitative estimate of drug-likeness (QED) is 0.00454. The van der Waals surface area contributed by atoms with Gasteiger partial charge >= 0.3 is 18.0 Å². The number of carbonyl (C=O) groups is 7. The number of aromatic hydroxyl groups is 4. The molecule has 8 atom stereocenters. The van der Waals surface area contributed by atoms with Crippen LogP contribution in [0.15, 0.2) is 67.0 Å². The Balaban J connectivity index is 0.000000518. The summed E-state index contributed by atoms with van der Waals surface area (Å²) in [6.45, 7) is 63.4. The summed E-state index contributed by atoms with van der Waals surface area (Å²) in [6, 6.07) is 14.9. The minimum absolute atomic E-state index is 0.0229. The predicted octanol–water partition coefficient (Wildman–Crippen LogP) is 21.0. The van der Waals surface area contributed by atoms with Crippen LogP contribution >= 0.6 is 11.8 Å². The summed E-state index contributed by atoms with van der Waals surface area (Å²) >= 11 is 1.94. The smallest absolute Gasteiger partial charge is 0.316 e. The van der Waals surface area contributed by atoms with E-state index in [9.17, 15) is 54.0 Å². The number of carboxylic acid groups (broad SMARTS) is 1. The number of aliphatic hydroxyl groups is 1. The maximum absolute atomic E-state index is 12.5. The van der Waals surface area contributed by atoms with Gasteiger partial charge < -0.3 is 86.3 Å². The lowest BCUT2D eigenvalue weighted by Crippen LogP contribution is -2.47. The van der Waals surface area contributed by atoms with Crippen LogP contribution in [0.2, 0.25) is 0 Å². The number of carbonyl (C=O) groups excluding carboxylic acids is 6. The molecule has 24 nitrogen and oxygen atoms in total. The fourth-order valence-corrected chi connectivity index (χ4v) is 16.2. The van der Waals surface area contributed by atoms with Gasteiger partial charge in [0, 0.05) is 92.4 Å². The lowest BCUT2D eigenvalue weighted by atomic mass is 9.83. The minimum Gasteiger partial charge on any atom is -0.508 e. The highest BCUT2D eigenvalue weighted by atomic mass is 32.2. The van der Waals surface area contributed by atoms with Gasteiger partial charge in [0.2, 0.25) is 0 Å². The largest absolute Gasteiger partial charge is 0.508 e. The van der Waals surface area contributed by atoms with E-state index in [1.54, 1.807) is 30.3 Å². The number of nitrogens with zero attached hydrogens (tertiary/aromatic N) is 1. The van der Waals surface area contributed by atoms with Crippen molar-refractivity contribution >= 4 is 74.7 Å². The lowest BCUT2D eigenvalue weighted by molar-refractivity contribution is -0.873. The Kier molecular flexibility index (Phi) is 49.5. The van der Waals surface area contributed by atoms with Crippen molar-refractivity contribution in [1.29, 1.82) is 0 Å². The first-order valence-electron chi connectivity index (χ1n) is 47.7. The van der Waals surface area contributed by atoms with Crippen LogP contribution < -0.4 is 36.5 Å². The number of hydrogen-bond acceptors (Lipinski definition) is 19. The van der Waals surface area contributed by atoms with Gasteiger partial charge in [0.15, 0.2) is 17.3 Å². The van der Waals surface area contributed by atoms with Crippen molar-refractivity contribution < 1.29 is 82.9 Å². The normalized spacial score (nSPS) is 16.9. The molecular formula is C106H177N8O16S+. The standard InChI is InChI=1S/C26H42O3.C15H21NO.C14H18N2O2.C13H22N2O2S.C12H18O3.C10H22NO2.C9H17NO3.C7H17N/c1-16(2)17(3)12-11-14-26(10)15-13-21-20(6)22(28-24(27)25(7,8)9)18(4)19(5)23(21)29-26;1-15(2,3)8-4-5-11-10-16-14-7-6-12(17)9-13(11)14;1-8(2)14(18)12(15)5-9-7-16-13-4-3-10(17)6-11(9)13;1-8(2)10(16)5-3-4-6-11-12-9(7-18-11)14-13(17)15-12;1-12(2,3)15-7-6-9-4-5-10(13)11(14)8-9;1-8(2)10(13)6-9(12)7-11(3,4)5;1-6(11)7(5-8(12)13)10-9(2,3)4;1-5-6-8-7(2,3)4/h16-17H,11-15H2,1-10H3;6-7,9-10,16-17H,4-5,8H2,1-3H3;3-4,6-8,12,16-17H,5,15H2,1-2H3;8-9,11-12H,3-7H2,1-2H3,(H2,14,15,17);4-5,8,13-14H,6-7H2,1-3H3;8-9,12H,6-7H2,1-5H3;7,10H,5H2,1-4H3,(H,12,13);8H,5-6H2,1-4H3/q;;;;;+1;;/t;;;9-,11-,12-;;;7-;/m...0..0./s1. The van der Waals surface area contributed by atoms with Gasteiger partial charge in [0.25, 0.3) is 0 Å². The number of fused-ring (bicyclic) bond motifs is 4. The van der Waals surface area contributed by atoms with Crippen LogP contribution in [0.25, 0.3) is 21.8 Å². The van der Waals surface area contributed by atoms with Crippen LogP contribution in [0.1, 0.15) is 309 Å². The third kappa shape index (κ3) is 46.7. The Morgan fingerprint density at radius 2 is 1.26 bits per heavy atom. The van der Waals surface area contributed by atoms with E-state index in [1.807, 2.05) is 168 Å². The number of thioether (sulfide) groups is 1. The van der Waals surface area contributed by atoms with Crippen molar-refractivity contribution in [3.8, 4) is 34.5 Å². The fourth-order valence-electron chi connectivity index (χ4n) is 14.7. The van der Waals surface area contributed by atoms with Crippen LogP contribution in [-0.4, -0.2) is 191 Å². The molecular weight excluding hydrogens is 1670 g/mol. The molecule has 0 radical (unpaired) electrons. The molecule has 4 aromatic carbocycles. The summed E-state index contributed by atoms with van der Waals surface area (Å²) in [5, 5.41) is 70.4. The van der Waals surface area contributed by atoms with Crippen molar-refractivity contribution in [2.24, 2.45) is 46.2 Å². The van der Waals surface area contributed by atoms with Crippen molar-refractivity contribution in [3.05, 3.63) is 106 Å². The summed E-state index contributed by atoms with van der Waals surface area (Å²) < 4.78 is 18.7. The number of nitrogens with two attached hydrogens (primary N) is 1. The number of phenolic OH excluding ortho intramolecular Hbond substituents is 4. The van der Waals surface area contributed by atoms with Crippen molar-refractivity contribution in [2.45, 2.75) is 375 Å². The number of benzene rings is 4. The summed E-state index contributed by atoms with van der Waals surface area (Å²) in [5.74, 6) is 4.03. The van der Waals surface area contributed by atoms with Gasteiger partial charge in [0.05, 0.1) is 69.4 Å². The topological polar surface area (TPSA) is 374 Å². The van der Waals surface area contributed by atoms with E-state index in [1.165, 1.54) is 56.2 Å². The molecule has 6 aromatic rings. The number of amides is 2. The van der Waals surface area contributed by atoms with Gasteiger partial charge in [-0.15, -0.1) is 0 Å². The number of hydrogen-bond donors (Lipinski definition) is 13. The molecule has 2 amide bonds. The molecule has 25 heteroatoms. The fraction of sp³-hybridized carbons (Fsp3) is 0.670. The van der Waals surface area contributed by atoms with E-state index in [2.05, 4.69) is 127 Å². The molecule has 14 N–H and O–H groups in total. The molecule has 0 spiro atoms. The van der Waals surface area contributed by atoms with Gasteiger partial charge in [-0.2, -0.15) is 11.8 Å². The Morgan fingerprint density at radius 3 is 1.74 bits per heavy atom. The number of ether oxygens (including phenoxy) is 3. The number of quaternary nitrogens is 1. The monoisotopic (exact) mass is 1850 g/mol. The van der Waals surface area contributed by atoms with Crippen LogP contribution in [0.3, 0.4) is 0 Å². The molecule has 2 fully saturated rings. The van der Waals surface area contributed by atoms with Gasteiger partial charge in [0.1, 0.15) is 58.6 Å². The van der Waals surface area contributed by atoms with E-state index in [-0.39, 0.29) is 93.9 Å². The Morgan fingerprint density at radius 1 is 0.687 bits per heavy atom. The molecule has 5 heterocycles. The molecule has 2 saturated heterocycles. The average molecular weight is 1850 g/mol. The number of aryl methyl sites for hydroxylation is 1. The summed E-state index contributed by atoms with van der Waals surface area (Å²) in [6.07, 6.45) is 18.8. The number of aromatic nitrogens is 2. The molecule has 3 aliphatic heterocycles. The second-order valence-electron chi connectivity index (χ2n) is 44.0. The maximum Gasteiger partial charge on any atom is 0.316 e. The summed E-state index contributed by atoms with van der Waals surface area (Å²) in [4.78, 5) is 86.1. The van der Waals surface area contributed by atoms with Gasteiger partial charge in [-0.25, -0.2) is 4.79 Å². The molecule has 9 rings (SSSR count). The van der Waals surface area contributed by atoms with Crippen LogP contribution in [0, 0.1) is 61.2 Å². The molecule has 742 valence electrons. The number of rotatable bonds is 33. The second-order valence-corrected chi connectivity index (χ2v) is 45.3. The number of unbranched alkanes of at least 4 members (excludes halogenated alkanes) is 1. The van der Waals surface area contributed by atoms with Crippen LogP contribution in [0.5, 0.6) is 34.5 Å². The van der Waals surface area contributed by atoms with E-state index in [0.717, 1.165) is 137 Å². The summed E-state index contributed by atoms with van der Waals surface area (Å²) in [5.41, 5.74) is 15.2. The number of likely N-dealkylation sites (N-methyl/N-ethyl adjacent to an activating group) is 1. The molecule has 0 bridgehead atoms. The zero-order valence-corrected chi connectivity index (χ0v) is 87.6. The van der Waals surface area contributed by atoms with Gasteiger partial charge in [-0.05, 0) is 300 Å². The number of ketones is 4. The number of esters is 1. The van der Waals surface area contributed by atoms with Crippen LogP contribution in [-0.2, 0) is 59.2 Å². The third-order valence-electron chi connectivity index (χ3n) is 23.1. The zero-order valence-electron chi connectivity index (χ0n) is 86.7. The Labute approximate surface area is 792 Å². The van der Waals surface area contributed by atoms with Crippen molar-refractivity contribution in [3.63, 3.8) is 0 Å². The van der Waals surface area contributed by atoms with Gasteiger partial charge in [-0.1, -0.05) is 109 Å². The van der Waals surface area contributed by atoms with E-state index in [0.29, 0.717) is 70.3 Å². The van der Waals surface area contributed by atoms with E-state index in [4.69, 9.17) is 30.2 Å². The molecule has 3 aliphatic rings. The maximum atomic E-state index is 12.5. The number of H-pyrrole nitrogens is 2.